The lowest BCUT2D eigenvalue weighted by atomic mass is 9.87. The molecule has 0 aliphatic carbocycles. The van der Waals surface area contributed by atoms with Crippen molar-refractivity contribution in [1.29, 1.82) is 0 Å². The summed E-state index contributed by atoms with van der Waals surface area (Å²) in [5.41, 5.74) is 4.69. The van der Waals surface area contributed by atoms with Gasteiger partial charge in [0.05, 0.1) is 0 Å². The van der Waals surface area contributed by atoms with E-state index in [9.17, 15) is 10.2 Å². The number of aromatic hydroxyl groups is 2. The van der Waals surface area contributed by atoms with E-state index < -0.39 is 0 Å². The van der Waals surface area contributed by atoms with E-state index in [0.29, 0.717) is 0 Å². The third-order valence-electron chi connectivity index (χ3n) is 4.01. The molecule has 2 aromatic rings. The second-order valence-corrected chi connectivity index (χ2v) is 5.46. The number of nitrogens with one attached hydrogen (secondary N) is 1. The summed E-state index contributed by atoms with van der Waals surface area (Å²) in [7, 11) is 0. The average molecular weight is 269 g/mol. The largest absolute Gasteiger partial charge is 0.504 e. The molecule has 0 bridgehead atoms. The van der Waals surface area contributed by atoms with Gasteiger partial charge in [-0.15, -0.1) is 0 Å². The van der Waals surface area contributed by atoms with E-state index in [-0.39, 0.29) is 17.4 Å². The summed E-state index contributed by atoms with van der Waals surface area (Å²) < 4.78 is 0. The number of fused-ring (bicyclic) bond motifs is 1. The van der Waals surface area contributed by atoms with Crippen LogP contribution in [0.5, 0.6) is 11.5 Å². The third kappa shape index (κ3) is 2.37. The van der Waals surface area contributed by atoms with Gasteiger partial charge in [-0.05, 0) is 48.7 Å². The molecule has 1 heterocycles. The van der Waals surface area contributed by atoms with E-state index in [1.54, 1.807) is 12.1 Å². The lowest BCUT2D eigenvalue weighted by Gasteiger charge is -2.19. The first kappa shape index (κ1) is 13.0. The Balaban J connectivity index is 2.09. The van der Waals surface area contributed by atoms with E-state index in [1.807, 2.05) is 0 Å². The molecule has 0 radical (unpaired) electrons. The lowest BCUT2D eigenvalue weighted by Crippen LogP contribution is -2.20. The predicted molar refractivity (Wildman–Crippen MR) is 79.4 cm³/mol. The molecule has 3 nitrogen and oxygen atoms in total. The van der Waals surface area contributed by atoms with Gasteiger partial charge in [-0.25, -0.2) is 0 Å². The van der Waals surface area contributed by atoms with Crippen LogP contribution in [0.3, 0.4) is 0 Å². The molecule has 1 unspecified atom stereocenters. The summed E-state index contributed by atoms with van der Waals surface area (Å²) in [5.74, 6) is 0.135. The van der Waals surface area contributed by atoms with Gasteiger partial charge < -0.3 is 15.5 Å². The Morgan fingerprint density at radius 1 is 1.05 bits per heavy atom. The Kier molecular flexibility index (Phi) is 3.36. The highest BCUT2D eigenvalue weighted by Gasteiger charge is 2.22. The molecule has 0 amide bonds. The summed E-state index contributed by atoms with van der Waals surface area (Å²) in [5, 5.41) is 22.9. The Morgan fingerprint density at radius 2 is 1.75 bits per heavy atom. The molecule has 0 spiro atoms. The van der Waals surface area contributed by atoms with Crippen molar-refractivity contribution in [2.45, 2.75) is 19.3 Å². The smallest absolute Gasteiger partial charge is 0.157 e. The summed E-state index contributed by atoms with van der Waals surface area (Å²) in [6, 6.07) is 11.9. The molecule has 3 N–H and O–H groups in total. The molecular weight excluding hydrogens is 250 g/mol. The number of benzene rings is 2. The number of phenols is 2. The van der Waals surface area contributed by atoms with E-state index in [0.717, 1.165) is 30.6 Å². The van der Waals surface area contributed by atoms with E-state index in [4.69, 9.17) is 0 Å². The first-order chi connectivity index (χ1) is 9.65. The Labute approximate surface area is 118 Å². The normalized spacial score (nSPS) is 18.4. The van der Waals surface area contributed by atoms with Crippen molar-refractivity contribution in [3.8, 4) is 11.5 Å². The summed E-state index contributed by atoms with van der Waals surface area (Å²) in [6.45, 7) is 3.81. The van der Waals surface area contributed by atoms with Gasteiger partial charge in [-0.3, -0.25) is 0 Å². The van der Waals surface area contributed by atoms with Crippen LogP contribution in [0.2, 0.25) is 0 Å². The molecule has 0 fully saturated rings. The fourth-order valence-corrected chi connectivity index (χ4v) is 2.85. The van der Waals surface area contributed by atoms with Crippen LogP contribution in [0, 0.1) is 6.92 Å². The summed E-state index contributed by atoms with van der Waals surface area (Å²) in [4.78, 5) is 0. The van der Waals surface area contributed by atoms with Crippen LogP contribution >= 0.6 is 0 Å². The maximum absolute atomic E-state index is 9.81. The van der Waals surface area contributed by atoms with Gasteiger partial charge in [0.25, 0.3) is 0 Å². The number of phenolic OH excluding ortho intramolecular Hbond substituents is 2. The van der Waals surface area contributed by atoms with Crippen LogP contribution < -0.4 is 5.32 Å². The topological polar surface area (TPSA) is 52.5 Å². The van der Waals surface area contributed by atoms with Crippen molar-refractivity contribution >= 4 is 0 Å². The van der Waals surface area contributed by atoms with Gasteiger partial charge in [0.2, 0.25) is 0 Å². The molecule has 1 aliphatic heterocycles. The number of aryl methyl sites for hydroxylation is 1. The number of hydrogen-bond acceptors (Lipinski definition) is 3. The maximum atomic E-state index is 9.81. The Hall–Kier alpha value is -2.00. The highest BCUT2D eigenvalue weighted by atomic mass is 16.3. The molecule has 1 atom stereocenters. The van der Waals surface area contributed by atoms with Crippen molar-refractivity contribution in [1.82, 2.24) is 5.32 Å². The van der Waals surface area contributed by atoms with Gasteiger partial charge in [-0.1, -0.05) is 29.8 Å². The standard InChI is InChI=1S/C17H19NO2/c1-11-2-4-12(5-3-11)15-10-18-7-6-13-8-16(19)17(20)9-14(13)15/h2-5,8-9,15,18-20H,6-7,10H2,1H3. The third-order valence-corrected chi connectivity index (χ3v) is 4.01. The minimum atomic E-state index is -0.0391. The van der Waals surface area contributed by atoms with E-state index in [2.05, 4.69) is 36.5 Å². The first-order valence-corrected chi connectivity index (χ1v) is 6.97. The molecule has 20 heavy (non-hydrogen) atoms. The molecule has 3 heteroatoms. The van der Waals surface area contributed by atoms with Crippen LogP contribution in [-0.2, 0) is 6.42 Å². The molecule has 2 aromatic carbocycles. The van der Waals surface area contributed by atoms with Gasteiger partial charge in [-0.2, -0.15) is 0 Å². The monoisotopic (exact) mass is 269 g/mol. The van der Waals surface area contributed by atoms with Crippen LogP contribution in [0.4, 0.5) is 0 Å². The number of rotatable bonds is 1. The Morgan fingerprint density at radius 3 is 2.50 bits per heavy atom. The van der Waals surface area contributed by atoms with Crippen LogP contribution in [0.25, 0.3) is 0 Å². The fourth-order valence-electron chi connectivity index (χ4n) is 2.85. The van der Waals surface area contributed by atoms with Gasteiger partial charge >= 0.3 is 0 Å². The van der Waals surface area contributed by atoms with E-state index >= 15 is 0 Å². The van der Waals surface area contributed by atoms with Crippen molar-refractivity contribution < 1.29 is 10.2 Å². The molecule has 1 aliphatic rings. The Bertz CT molecular complexity index is 620. The zero-order valence-corrected chi connectivity index (χ0v) is 11.6. The second-order valence-electron chi connectivity index (χ2n) is 5.46. The SMILES string of the molecule is Cc1ccc(C2CNCCc3cc(O)c(O)cc32)cc1. The van der Waals surface area contributed by atoms with Crippen molar-refractivity contribution in [2.75, 3.05) is 13.1 Å². The van der Waals surface area contributed by atoms with Crippen LogP contribution in [0.1, 0.15) is 28.2 Å². The summed E-state index contributed by atoms with van der Waals surface area (Å²) in [6.07, 6.45) is 0.867. The lowest BCUT2D eigenvalue weighted by molar-refractivity contribution is 0.402. The fraction of sp³-hybridized carbons (Fsp3) is 0.294. The van der Waals surface area contributed by atoms with Crippen molar-refractivity contribution in [3.05, 3.63) is 58.7 Å². The van der Waals surface area contributed by atoms with Gasteiger partial charge in [0, 0.05) is 12.5 Å². The molecule has 0 saturated heterocycles. The summed E-state index contributed by atoms with van der Waals surface area (Å²) >= 11 is 0. The van der Waals surface area contributed by atoms with Crippen LogP contribution in [0.15, 0.2) is 36.4 Å². The molecule has 3 rings (SSSR count). The zero-order chi connectivity index (χ0) is 14.1. The van der Waals surface area contributed by atoms with Crippen LogP contribution in [-0.4, -0.2) is 23.3 Å². The molecular formula is C17H19NO2. The average Bonchev–Trinajstić information content (AvgIpc) is 2.63. The molecule has 0 aromatic heterocycles. The predicted octanol–water partition coefficient (Wildman–Crippen LogP) is 2.68. The van der Waals surface area contributed by atoms with E-state index in [1.165, 1.54) is 11.1 Å². The first-order valence-electron chi connectivity index (χ1n) is 6.97. The zero-order valence-electron chi connectivity index (χ0n) is 11.6. The highest BCUT2D eigenvalue weighted by Crippen LogP contribution is 2.36. The van der Waals surface area contributed by atoms with Crippen molar-refractivity contribution in [2.24, 2.45) is 0 Å². The molecule has 104 valence electrons. The molecule has 0 saturated carbocycles. The minimum absolute atomic E-state index is 0.0340. The van der Waals surface area contributed by atoms with Crippen molar-refractivity contribution in [3.63, 3.8) is 0 Å². The second kappa shape index (κ2) is 5.17. The minimum Gasteiger partial charge on any atom is -0.504 e. The van der Waals surface area contributed by atoms with Gasteiger partial charge in [0.15, 0.2) is 11.5 Å². The maximum Gasteiger partial charge on any atom is 0.157 e. The number of hydrogen-bond donors (Lipinski definition) is 3. The quantitative estimate of drug-likeness (QED) is 0.698. The highest BCUT2D eigenvalue weighted by molar-refractivity contribution is 5.50. The van der Waals surface area contributed by atoms with Gasteiger partial charge in [0.1, 0.15) is 0 Å².